The first-order valence-corrected chi connectivity index (χ1v) is 11.5. The van der Waals surface area contributed by atoms with Crippen LogP contribution in [0.25, 0.3) is 0 Å². The van der Waals surface area contributed by atoms with Crippen molar-refractivity contribution in [2.75, 3.05) is 6.61 Å². The highest BCUT2D eigenvalue weighted by Gasteiger charge is 2.21. The van der Waals surface area contributed by atoms with Gasteiger partial charge in [0.25, 0.3) is 0 Å². The quantitative estimate of drug-likeness (QED) is 0.239. The predicted octanol–water partition coefficient (Wildman–Crippen LogP) is 7.76. The molecular weight excluding hydrogens is 344 g/mol. The van der Waals surface area contributed by atoms with Gasteiger partial charge in [0.05, 0.1) is 6.61 Å². The molecule has 2 rings (SSSR count). The monoisotopic (exact) mass is 384 g/mol. The second kappa shape index (κ2) is 12.1. The van der Waals surface area contributed by atoms with E-state index in [1.165, 1.54) is 43.3 Å². The van der Waals surface area contributed by atoms with Crippen molar-refractivity contribution in [3.05, 3.63) is 45.6 Å². The molecule has 0 aromatic rings. The maximum absolute atomic E-state index is 11.4. The molecule has 2 nitrogen and oxygen atoms in total. The first-order valence-electron chi connectivity index (χ1n) is 11.5. The highest BCUT2D eigenvalue weighted by molar-refractivity contribution is 5.69. The van der Waals surface area contributed by atoms with Gasteiger partial charge in [-0.1, -0.05) is 55.9 Å². The van der Waals surface area contributed by atoms with E-state index in [0.29, 0.717) is 13.0 Å². The highest BCUT2D eigenvalue weighted by Crippen LogP contribution is 2.40. The molecule has 2 aliphatic carbocycles. The third-order valence-corrected chi connectivity index (χ3v) is 5.94. The fraction of sp³-hybridized carbons (Fsp3) is 0.654. The minimum atomic E-state index is -0.0524. The topological polar surface area (TPSA) is 26.3 Å². The Bertz CT molecular complexity index is 658. The summed E-state index contributed by atoms with van der Waals surface area (Å²) in [4.78, 5) is 11.4. The number of carbonyl (C=O) groups is 1. The Balaban J connectivity index is 1.84. The Morgan fingerprint density at radius 3 is 2.32 bits per heavy atom. The molecule has 0 N–H and O–H groups in total. The third-order valence-electron chi connectivity index (χ3n) is 5.94. The maximum Gasteiger partial charge on any atom is 0.305 e. The molecule has 0 aromatic carbocycles. The van der Waals surface area contributed by atoms with E-state index in [0.717, 1.165) is 38.5 Å². The lowest BCUT2D eigenvalue weighted by Crippen LogP contribution is -2.03. The smallest absolute Gasteiger partial charge is 0.305 e. The molecule has 28 heavy (non-hydrogen) atoms. The molecule has 0 amide bonds. The summed E-state index contributed by atoms with van der Waals surface area (Å²) in [5.74, 6) is -0.0524. The second-order valence-electron chi connectivity index (χ2n) is 8.50. The lowest BCUT2D eigenvalue weighted by Gasteiger charge is -2.09. The number of rotatable bonds is 13. The first kappa shape index (κ1) is 22.7. The molecule has 2 heteroatoms. The van der Waals surface area contributed by atoms with E-state index in [-0.39, 0.29) is 5.97 Å². The molecule has 0 spiro atoms. The molecule has 0 aliphatic heterocycles. The zero-order valence-electron chi connectivity index (χ0n) is 18.7. The second-order valence-corrected chi connectivity index (χ2v) is 8.50. The summed E-state index contributed by atoms with van der Waals surface area (Å²) in [6, 6.07) is 0. The van der Waals surface area contributed by atoms with Gasteiger partial charge in [-0.3, -0.25) is 4.79 Å². The van der Waals surface area contributed by atoms with Crippen molar-refractivity contribution in [3.8, 4) is 0 Å². The van der Waals surface area contributed by atoms with Crippen LogP contribution in [-0.2, 0) is 9.53 Å². The largest absolute Gasteiger partial charge is 0.466 e. The lowest BCUT2D eigenvalue weighted by atomic mass is 9.95. The van der Waals surface area contributed by atoms with Gasteiger partial charge in [0, 0.05) is 6.42 Å². The molecule has 0 aromatic heterocycles. The number of ether oxygens (including phenoxy) is 1. The molecule has 0 heterocycles. The molecule has 0 fully saturated rings. The van der Waals surface area contributed by atoms with Gasteiger partial charge >= 0.3 is 5.97 Å². The van der Waals surface area contributed by atoms with Crippen LogP contribution in [0.15, 0.2) is 45.6 Å². The average Bonchev–Trinajstić information content (AvgIpc) is 3.21. The van der Waals surface area contributed by atoms with Gasteiger partial charge in [0.15, 0.2) is 0 Å². The summed E-state index contributed by atoms with van der Waals surface area (Å²) in [6.45, 7) is 9.21. The number of hydrogen-bond acceptors (Lipinski definition) is 2. The average molecular weight is 385 g/mol. The van der Waals surface area contributed by atoms with Crippen LogP contribution in [0.5, 0.6) is 0 Å². The van der Waals surface area contributed by atoms with E-state index in [1.54, 1.807) is 22.3 Å². The minimum Gasteiger partial charge on any atom is -0.466 e. The van der Waals surface area contributed by atoms with Crippen molar-refractivity contribution < 1.29 is 9.53 Å². The van der Waals surface area contributed by atoms with Gasteiger partial charge in [0.1, 0.15) is 0 Å². The SMILES string of the molecule is CCCCCCC1=C(C2=CC(CCCCCC(=O)OCC)=C(C)C2)CC(C)=C1. The van der Waals surface area contributed by atoms with Gasteiger partial charge in [-0.05, 0) is 88.0 Å². The van der Waals surface area contributed by atoms with Gasteiger partial charge < -0.3 is 4.74 Å². The van der Waals surface area contributed by atoms with Crippen LogP contribution in [0.1, 0.15) is 105 Å². The van der Waals surface area contributed by atoms with Crippen LogP contribution in [0.4, 0.5) is 0 Å². The Morgan fingerprint density at radius 1 is 0.893 bits per heavy atom. The van der Waals surface area contributed by atoms with Gasteiger partial charge in [-0.25, -0.2) is 0 Å². The van der Waals surface area contributed by atoms with Crippen LogP contribution < -0.4 is 0 Å². The zero-order valence-corrected chi connectivity index (χ0v) is 18.7. The lowest BCUT2D eigenvalue weighted by molar-refractivity contribution is -0.143. The van der Waals surface area contributed by atoms with Crippen LogP contribution in [0.3, 0.4) is 0 Å². The van der Waals surface area contributed by atoms with E-state index in [1.807, 2.05) is 6.92 Å². The van der Waals surface area contributed by atoms with E-state index < -0.39 is 0 Å². The van der Waals surface area contributed by atoms with Crippen molar-refractivity contribution in [1.82, 2.24) is 0 Å². The molecule has 0 saturated carbocycles. The highest BCUT2D eigenvalue weighted by atomic mass is 16.5. The summed E-state index contributed by atoms with van der Waals surface area (Å²) >= 11 is 0. The Kier molecular flexibility index (Phi) is 9.81. The number of unbranched alkanes of at least 4 members (excludes halogenated alkanes) is 5. The fourth-order valence-corrected chi connectivity index (χ4v) is 4.37. The molecule has 0 bridgehead atoms. The summed E-state index contributed by atoms with van der Waals surface area (Å²) in [6.07, 6.45) is 18.7. The molecule has 0 unspecified atom stereocenters. The number of hydrogen-bond donors (Lipinski definition) is 0. The summed E-state index contributed by atoms with van der Waals surface area (Å²) in [7, 11) is 0. The summed E-state index contributed by atoms with van der Waals surface area (Å²) < 4.78 is 5.00. The molecule has 0 atom stereocenters. The van der Waals surface area contributed by atoms with Crippen molar-refractivity contribution in [3.63, 3.8) is 0 Å². The summed E-state index contributed by atoms with van der Waals surface area (Å²) in [5.41, 5.74) is 9.38. The van der Waals surface area contributed by atoms with E-state index in [2.05, 4.69) is 32.9 Å². The van der Waals surface area contributed by atoms with Gasteiger partial charge in [0.2, 0.25) is 0 Å². The minimum absolute atomic E-state index is 0.0524. The third kappa shape index (κ3) is 7.11. The van der Waals surface area contributed by atoms with Crippen LogP contribution in [0, 0.1) is 0 Å². The normalized spacial score (nSPS) is 16.7. The van der Waals surface area contributed by atoms with Gasteiger partial charge in [-0.15, -0.1) is 0 Å². The molecule has 156 valence electrons. The first-order chi connectivity index (χ1) is 13.5. The van der Waals surface area contributed by atoms with Crippen molar-refractivity contribution in [2.24, 2.45) is 0 Å². The van der Waals surface area contributed by atoms with Crippen LogP contribution >= 0.6 is 0 Å². The molecular formula is C26H40O2. The number of esters is 1. The summed E-state index contributed by atoms with van der Waals surface area (Å²) in [5, 5.41) is 0. The maximum atomic E-state index is 11.4. The van der Waals surface area contributed by atoms with E-state index in [9.17, 15) is 4.79 Å². The van der Waals surface area contributed by atoms with Gasteiger partial charge in [-0.2, -0.15) is 0 Å². The Labute approximate surface area is 172 Å². The Hall–Kier alpha value is -1.57. The van der Waals surface area contributed by atoms with Crippen LogP contribution in [-0.4, -0.2) is 12.6 Å². The standard InChI is InChI=1S/C26H40O2/c1-5-7-8-10-14-23-16-20(3)17-25(23)24-18-21(4)22(19-24)13-11-9-12-15-26(27)28-6-2/h16,19H,5-15,17-18H2,1-4H3. The Morgan fingerprint density at radius 2 is 1.61 bits per heavy atom. The predicted molar refractivity (Wildman–Crippen MR) is 119 cm³/mol. The van der Waals surface area contributed by atoms with Crippen molar-refractivity contribution in [1.29, 1.82) is 0 Å². The number of allylic oxidation sites excluding steroid dienone is 8. The van der Waals surface area contributed by atoms with Crippen molar-refractivity contribution >= 4 is 5.97 Å². The zero-order chi connectivity index (χ0) is 20.4. The van der Waals surface area contributed by atoms with E-state index >= 15 is 0 Å². The van der Waals surface area contributed by atoms with Crippen LogP contribution in [0.2, 0.25) is 0 Å². The molecule has 0 saturated heterocycles. The fourth-order valence-electron chi connectivity index (χ4n) is 4.37. The molecule has 0 radical (unpaired) electrons. The molecule has 2 aliphatic rings. The number of carbonyl (C=O) groups excluding carboxylic acids is 1. The van der Waals surface area contributed by atoms with Crippen molar-refractivity contribution in [2.45, 2.75) is 105 Å². The van der Waals surface area contributed by atoms with E-state index in [4.69, 9.17) is 4.74 Å².